The van der Waals surface area contributed by atoms with Gasteiger partial charge in [-0.15, -0.1) is 0 Å². The molecule has 108 valence electrons. The summed E-state index contributed by atoms with van der Waals surface area (Å²) < 4.78 is 5.57. The number of amides is 1. The SMILES string of the molecule is CC1CCC(C(=O)NC2(C(N)=NO)CCCCC2)O1. The van der Waals surface area contributed by atoms with Gasteiger partial charge in [-0.3, -0.25) is 4.79 Å². The van der Waals surface area contributed by atoms with Gasteiger partial charge in [0.05, 0.1) is 6.10 Å². The number of rotatable bonds is 3. The highest BCUT2D eigenvalue weighted by Gasteiger charge is 2.40. The number of carbonyl (C=O) groups excluding carboxylic acids is 1. The molecule has 6 nitrogen and oxygen atoms in total. The van der Waals surface area contributed by atoms with Crippen LogP contribution in [0, 0.1) is 0 Å². The van der Waals surface area contributed by atoms with Gasteiger partial charge in [0.15, 0.2) is 5.84 Å². The normalized spacial score (nSPS) is 31.1. The summed E-state index contributed by atoms with van der Waals surface area (Å²) in [4.78, 5) is 12.3. The van der Waals surface area contributed by atoms with Crippen molar-refractivity contribution in [2.24, 2.45) is 10.9 Å². The van der Waals surface area contributed by atoms with Crippen molar-refractivity contribution < 1.29 is 14.7 Å². The monoisotopic (exact) mass is 269 g/mol. The number of nitrogens with two attached hydrogens (primary N) is 1. The first-order chi connectivity index (χ1) is 9.07. The largest absolute Gasteiger partial charge is 0.409 e. The van der Waals surface area contributed by atoms with Crippen LogP contribution in [0.4, 0.5) is 0 Å². The molecule has 2 unspecified atom stereocenters. The Morgan fingerprint density at radius 1 is 1.37 bits per heavy atom. The van der Waals surface area contributed by atoms with Crippen LogP contribution >= 0.6 is 0 Å². The maximum absolute atomic E-state index is 12.3. The van der Waals surface area contributed by atoms with Crippen molar-refractivity contribution in [2.75, 3.05) is 0 Å². The molecule has 1 aliphatic heterocycles. The third-order valence-corrected chi connectivity index (χ3v) is 4.19. The smallest absolute Gasteiger partial charge is 0.249 e. The third-order valence-electron chi connectivity index (χ3n) is 4.19. The van der Waals surface area contributed by atoms with Crippen molar-refractivity contribution in [3.05, 3.63) is 0 Å². The summed E-state index contributed by atoms with van der Waals surface area (Å²) in [6.45, 7) is 1.97. The van der Waals surface area contributed by atoms with E-state index < -0.39 is 11.6 Å². The van der Waals surface area contributed by atoms with Crippen LogP contribution in [0.15, 0.2) is 5.16 Å². The highest BCUT2D eigenvalue weighted by molar-refractivity contribution is 5.95. The Bertz CT molecular complexity index is 364. The molecule has 1 aliphatic carbocycles. The fraction of sp³-hybridized carbons (Fsp3) is 0.846. The van der Waals surface area contributed by atoms with Gasteiger partial charge in [-0.2, -0.15) is 0 Å². The predicted octanol–water partition coefficient (Wildman–Crippen LogP) is 1.12. The van der Waals surface area contributed by atoms with Crippen LogP contribution in [-0.4, -0.2) is 34.7 Å². The van der Waals surface area contributed by atoms with E-state index in [1.165, 1.54) is 0 Å². The van der Waals surface area contributed by atoms with Gasteiger partial charge >= 0.3 is 0 Å². The van der Waals surface area contributed by atoms with E-state index in [1.807, 2.05) is 6.92 Å². The van der Waals surface area contributed by atoms with Crippen LogP contribution in [0.1, 0.15) is 51.9 Å². The molecule has 1 saturated carbocycles. The lowest BCUT2D eigenvalue weighted by atomic mass is 9.80. The van der Waals surface area contributed by atoms with E-state index in [0.29, 0.717) is 0 Å². The Balaban J connectivity index is 2.05. The van der Waals surface area contributed by atoms with Gasteiger partial charge < -0.3 is 21.0 Å². The second-order valence-electron chi connectivity index (χ2n) is 5.63. The summed E-state index contributed by atoms with van der Waals surface area (Å²) in [5.74, 6) is -0.0376. The quantitative estimate of drug-likeness (QED) is 0.309. The Labute approximate surface area is 113 Å². The van der Waals surface area contributed by atoms with Crippen molar-refractivity contribution in [3.8, 4) is 0 Å². The number of hydrogen-bond donors (Lipinski definition) is 3. The van der Waals surface area contributed by atoms with Gasteiger partial charge in [0, 0.05) is 0 Å². The maximum Gasteiger partial charge on any atom is 0.249 e. The Hall–Kier alpha value is -1.30. The van der Waals surface area contributed by atoms with Crippen LogP contribution in [-0.2, 0) is 9.53 Å². The second-order valence-corrected chi connectivity index (χ2v) is 5.63. The summed E-state index contributed by atoms with van der Waals surface area (Å²) in [7, 11) is 0. The molecule has 19 heavy (non-hydrogen) atoms. The number of carbonyl (C=O) groups is 1. The third kappa shape index (κ3) is 3.00. The fourth-order valence-electron chi connectivity index (χ4n) is 3.01. The number of amidine groups is 1. The average molecular weight is 269 g/mol. The van der Waals surface area contributed by atoms with Crippen LogP contribution in [0.2, 0.25) is 0 Å². The first kappa shape index (κ1) is 14.1. The van der Waals surface area contributed by atoms with Gasteiger partial charge in [-0.1, -0.05) is 24.4 Å². The Morgan fingerprint density at radius 3 is 2.58 bits per heavy atom. The summed E-state index contributed by atoms with van der Waals surface area (Å²) >= 11 is 0. The molecule has 2 aliphatic rings. The minimum Gasteiger partial charge on any atom is -0.409 e. The van der Waals surface area contributed by atoms with Crippen molar-refractivity contribution in [1.29, 1.82) is 0 Å². The molecule has 6 heteroatoms. The molecule has 4 N–H and O–H groups in total. The van der Waals surface area contributed by atoms with E-state index in [9.17, 15) is 4.79 Å². The van der Waals surface area contributed by atoms with Gasteiger partial charge in [0.2, 0.25) is 5.91 Å². The van der Waals surface area contributed by atoms with Crippen LogP contribution in [0.25, 0.3) is 0 Å². The molecule has 2 fully saturated rings. The van der Waals surface area contributed by atoms with E-state index in [2.05, 4.69) is 10.5 Å². The summed E-state index contributed by atoms with van der Waals surface area (Å²) in [5, 5.41) is 15.0. The molecular weight excluding hydrogens is 246 g/mol. The lowest BCUT2D eigenvalue weighted by Crippen LogP contribution is -2.60. The minimum atomic E-state index is -0.695. The molecule has 2 atom stereocenters. The van der Waals surface area contributed by atoms with Gasteiger partial charge in [0.25, 0.3) is 0 Å². The number of hydrogen-bond acceptors (Lipinski definition) is 4. The maximum atomic E-state index is 12.3. The molecule has 1 amide bonds. The number of nitrogens with one attached hydrogen (secondary N) is 1. The standard InChI is InChI=1S/C13H23N3O3/c1-9-5-6-10(19-9)11(17)15-13(12(14)16-18)7-3-2-4-8-13/h9-10,18H,2-8H2,1H3,(H2,14,16)(H,15,17). The molecule has 1 saturated heterocycles. The van der Waals surface area contributed by atoms with Gasteiger partial charge in [-0.05, 0) is 32.6 Å². The van der Waals surface area contributed by atoms with Crippen LogP contribution in [0.5, 0.6) is 0 Å². The number of nitrogens with zero attached hydrogens (tertiary/aromatic N) is 1. The van der Waals surface area contributed by atoms with Crippen molar-refractivity contribution >= 4 is 11.7 Å². The van der Waals surface area contributed by atoms with Crippen molar-refractivity contribution in [3.63, 3.8) is 0 Å². The molecule has 0 radical (unpaired) electrons. The highest BCUT2D eigenvalue weighted by atomic mass is 16.5. The summed E-state index contributed by atoms with van der Waals surface area (Å²) in [5.41, 5.74) is 5.11. The molecule has 0 spiro atoms. The molecule has 0 bridgehead atoms. The first-order valence-corrected chi connectivity index (χ1v) is 7.03. The molecular formula is C13H23N3O3. The van der Waals surface area contributed by atoms with E-state index in [0.717, 1.165) is 44.9 Å². The van der Waals surface area contributed by atoms with Crippen LogP contribution in [0.3, 0.4) is 0 Å². The summed E-state index contributed by atoms with van der Waals surface area (Å²) in [6.07, 6.45) is 5.86. The highest BCUT2D eigenvalue weighted by Crippen LogP contribution is 2.29. The fourth-order valence-corrected chi connectivity index (χ4v) is 3.01. The second kappa shape index (κ2) is 5.77. The first-order valence-electron chi connectivity index (χ1n) is 7.03. The van der Waals surface area contributed by atoms with E-state index in [1.54, 1.807) is 0 Å². The van der Waals surface area contributed by atoms with E-state index in [4.69, 9.17) is 15.7 Å². The molecule has 0 aromatic heterocycles. The van der Waals surface area contributed by atoms with Crippen LogP contribution < -0.4 is 11.1 Å². The van der Waals surface area contributed by atoms with E-state index in [-0.39, 0.29) is 17.8 Å². The molecule has 0 aromatic rings. The van der Waals surface area contributed by atoms with Gasteiger partial charge in [-0.25, -0.2) is 0 Å². The molecule has 0 aromatic carbocycles. The van der Waals surface area contributed by atoms with Crippen molar-refractivity contribution in [2.45, 2.75) is 69.6 Å². The lowest BCUT2D eigenvalue weighted by Gasteiger charge is -2.37. The van der Waals surface area contributed by atoms with Gasteiger partial charge in [0.1, 0.15) is 11.6 Å². The predicted molar refractivity (Wildman–Crippen MR) is 70.9 cm³/mol. The Morgan fingerprint density at radius 2 is 2.05 bits per heavy atom. The van der Waals surface area contributed by atoms with E-state index >= 15 is 0 Å². The number of oxime groups is 1. The minimum absolute atomic E-state index is 0.103. The molecule has 2 rings (SSSR count). The zero-order valence-electron chi connectivity index (χ0n) is 11.4. The zero-order chi connectivity index (χ0) is 13.9. The lowest BCUT2D eigenvalue weighted by molar-refractivity contribution is -0.133. The zero-order valence-corrected chi connectivity index (χ0v) is 11.4. The topological polar surface area (TPSA) is 96.9 Å². The molecule has 1 heterocycles. The number of ether oxygens (including phenoxy) is 1. The van der Waals surface area contributed by atoms with Crippen molar-refractivity contribution in [1.82, 2.24) is 5.32 Å². The summed E-state index contributed by atoms with van der Waals surface area (Å²) in [6, 6.07) is 0. The Kier molecular flexibility index (Phi) is 4.29. The average Bonchev–Trinajstić information content (AvgIpc) is 2.85.